The zero-order valence-electron chi connectivity index (χ0n) is 12.7. The summed E-state index contributed by atoms with van der Waals surface area (Å²) in [5, 5.41) is 19.4. The number of fused-ring (bicyclic) bond motifs is 1. The molecule has 0 unspecified atom stereocenters. The highest BCUT2D eigenvalue weighted by Crippen LogP contribution is 2.43. The Morgan fingerprint density at radius 2 is 2.12 bits per heavy atom. The van der Waals surface area contributed by atoms with Gasteiger partial charge in [-0.15, -0.1) is 0 Å². The van der Waals surface area contributed by atoms with Gasteiger partial charge in [-0.1, -0.05) is 23.2 Å². The van der Waals surface area contributed by atoms with Gasteiger partial charge in [0.05, 0.1) is 28.7 Å². The van der Waals surface area contributed by atoms with Crippen molar-refractivity contribution in [1.82, 2.24) is 9.80 Å². The summed E-state index contributed by atoms with van der Waals surface area (Å²) in [5.74, 6) is -0.578. The highest BCUT2D eigenvalue weighted by Gasteiger charge is 2.42. The molecule has 0 radical (unpaired) electrons. The highest BCUT2D eigenvalue weighted by molar-refractivity contribution is 6.42. The molecule has 1 N–H and O–H groups in total. The van der Waals surface area contributed by atoms with Gasteiger partial charge in [0.15, 0.2) is 0 Å². The van der Waals surface area contributed by atoms with E-state index in [0.717, 1.165) is 0 Å². The van der Waals surface area contributed by atoms with E-state index in [1.165, 1.54) is 17.0 Å². The molecule has 0 aliphatic carbocycles. The van der Waals surface area contributed by atoms with Crippen molar-refractivity contribution in [2.75, 3.05) is 19.6 Å². The summed E-state index contributed by atoms with van der Waals surface area (Å²) in [6, 6.07) is 4.69. The van der Waals surface area contributed by atoms with Crippen molar-refractivity contribution in [3.63, 3.8) is 0 Å². The van der Waals surface area contributed by atoms with Crippen LogP contribution < -0.4 is 0 Å². The Labute approximate surface area is 149 Å². The first-order chi connectivity index (χ1) is 11.4. The number of rotatable bonds is 2. The van der Waals surface area contributed by atoms with Crippen molar-refractivity contribution in [1.29, 1.82) is 5.26 Å². The van der Waals surface area contributed by atoms with Crippen LogP contribution in [-0.2, 0) is 9.59 Å². The summed E-state index contributed by atoms with van der Waals surface area (Å²) < 4.78 is 0. The average molecular weight is 368 g/mol. The largest absolute Gasteiger partial charge is 0.508 e. The Morgan fingerprint density at radius 3 is 2.83 bits per heavy atom. The monoisotopic (exact) mass is 367 g/mol. The van der Waals surface area contributed by atoms with Gasteiger partial charge < -0.3 is 14.9 Å². The molecule has 2 fully saturated rings. The molecule has 2 amide bonds. The van der Waals surface area contributed by atoms with Crippen molar-refractivity contribution in [3.05, 3.63) is 27.7 Å². The number of phenols is 1. The minimum Gasteiger partial charge on any atom is -0.508 e. The number of nitriles is 1. The first kappa shape index (κ1) is 16.9. The molecule has 1 aromatic rings. The van der Waals surface area contributed by atoms with Crippen molar-refractivity contribution < 1.29 is 14.7 Å². The Kier molecular flexibility index (Phi) is 4.57. The number of phenolic OH excluding ortho intramolecular Hbond substituents is 1. The predicted molar refractivity (Wildman–Crippen MR) is 87.8 cm³/mol. The van der Waals surface area contributed by atoms with Gasteiger partial charge in [0, 0.05) is 24.6 Å². The Balaban J connectivity index is 1.82. The van der Waals surface area contributed by atoms with Gasteiger partial charge >= 0.3 is 0 Å². The van der Waals surface area contributed by atoms with Crippen molar-refractivity contribution in [3.8, 4) is 11.8 Å². The normalized spacial score (nSPS) is 23.1. The molecule has 24 heavy (non-hydrogen) atoms. The summed E-state index contributed by atoms with van der Waals surface area (Å²) in [4.78, 5) is 27.4. The number of hydrogen-bond acceptors (Lipinski definition) is 4. The van der Waals surface area contributed by atoms with Gasteiger partial charge in [-0.05, 0) is 18.6 Å². The molecule has 3 rings (SSSR count). The number of aromatic hydroxyl groups is 1. The maximum absolute atomic E-state index is 12.3. The predicted octanol–water partition coefficient (Wildman–Crippen LogP) is 2.14. The Morgan fingerprint density at radius 1 is 1.38 bits per heavy atom. The fourth-order valence-corrected chi connectivity index (χ4v) is 3.97. The molecular formula is C16H15Cl2N3O3. The SMILES string of the molecule is N#CCC(=O)N1CC(=O)N2C[C@@H](c3c(O)ccc(Cl)c3Cl)C[C@H]2C1. The summed E-state index contributed by atoms with van der Waals surface area (Å²) in [6.07, 6.45) is 0.347. The molecule has 0 bridgehead atoms. The number of hydrogen-bond donors (Lipinski definition) is 1. The van der Waals surface area contributed by atoms with Crippen LogP contribution in [0.4, 0.5) is 0 Å². The van der Waals surface area contributed by atoms with Gasteiger partial charge in [-0.25, -0.2) is 0 Å². The third-order valence-corrected chi connectivity index (χ3v) is 5.41. The van der Waals surface area contributed by atoms with E-state index in [0.29, 0.717) is 35.1 Å². The standard InChI is InChI=1S/C16H15Cl2N3O3/c17-11-1-2-12(22)15(16(11)18)9-5-10-7-20(13(23)3-4-19)8-14(24)21(10)6-9/h1-2,9-10,22H,3,5-8H2/t9-,10-/m0/s1. The van der Waals surface area contributed by atoms with Gasteiger partial charge in [0.2, 0.25) is 11.8 Å². The third-order valence-electron chi connectivity index (χ3n) is 4.59. The summed E-state index contributed by atoms with van der Waals surface area (Å²) in [5.41, 5.74) is 0.543. The van der Waals surface area contributed by atoms with Gasteiger partial charge in [0.25, 0.3) is 0 Å². The minimum absolute atomic E-state index is 0.0149. The molecule has 0 aromatic heterocycles. The lowest BCUT2D eigenvalue weighted by Gasteiger charge is -2.36. The number of piperazine rings is 1. The lowest BCUT2D eigenvalue weighted by atomic mass is 9.95. The molecule has 2 aliphatic heterocycles. The number of carbonyl (C=O) groups is 2. The lowest BCUT2D eigenvalue weighted by molar-refractivity contribution is -0.146. The molecule has 2 heterocycles. The highest BCUT2D eigenvalue weighted by atomic mass is 35.5. The van der Waals surface area contributed by atoms with E-state index in [1.54, 1.807) is 4.90 Å². The molecule has 0 saturated carbocycles. The Bertz CT molecular complexity index is 747. The Hall–Kier alpha value is -1.97. The van der Waals surface area contributed by atoms with Crippen molar-refractivity contribution in [2.45, 2.75) is 24.8 Å². The van der Waals surface area contributed by atoms with Crippen LogP contribution >= 0.6 is 23.2 Å². The average Bonchev–Trinajstić information content (AvgIpc) is 2.96. The third kappa shape index (κ3) is 2.90. The molecular weight excluding hydrogens is 353 g/mol. The van der Waals surface area contributed by atoms with E-state index < -0.39 is 0 Å². The van der Waals surface area contributed by atoms with Gasteiger partial charge in [-0.3, -0.25) is 9.59 Å². The van der Waals surface area contributed by atoms with E-state index in [2.05, 4.69) is 0 Å². The van der Waals surface area contributed by atoms with Crippen LogP contribution in [0.3, 0.4) is 0 Å². The molecule has 2 aliphatic rings. The van der Waals surface area contributed by atoms with Crippen LogP contribution in [0.1, 0.15) is 24.3 Å². The first-order valence-corrected chi connectivity index (χ1v) is 8.29. The van der Waals surface area contributed by atoms with Crippen molar-refractivity contribution >= 4 is 35.0 Å². The second-order valence-corrected chi connectivity index (χ2v) is 6.82. The molecule has 6 nitrogen and oxygen atoms in total. The fourth-order valence-electron chi connectivity index (χ4n) is 3.49. The number of amides is 2. The summed E-state index contributed by atoms with van der Waals surface area (Å²) in [6.45, 7) is 0.804. The quantitative estimate of drug-likeness (QED) is 0.867. The number of benzene rings is 1. The van der Waals surface area contributed by atoms with E-state index in [-0.39, 0.29) is 42.5 Å². The van der Waals surface area contributed by atoms with Crippen molar-refractivity contribution in [2.24, 2.45) is 0 Å². The first-order valence-electron chi connectivity index (χ1n) is 7.53. The molecule has 2 atom stereocenters. The minimum atomic E-state index is -0.336. The van der Waals surface area contributed by atoms with Gasteiger partial charge in [-0.2, -0.15) is 5.26 Å². The van der Waals surface area contributed by atoms with E-state index in [1.807, 2.05) is 6.07 Å². The van der Waals surface area contributed by atoms with Crippen LogP contribution in [0, 0.1) is 11.3 Å². The zero-order chi connectivity index (χ0) is 17.4. The zero-order valence-corrected chi connectivity index (χ0v) is 14.2. The molecule has 2 saturated heterocycles. The summed E-state index contributed by atoms with van der Waals surface area (Å²) in [7, 11) is 0. The molecule has 0 spiro atoms. The van der Waals surface area contributed by atoms with Crippen LogP contribution in [0.15, 0.2) is 12.1 Å². The molecule has 8 heteroatoms. The molecule has 126 valence electrons. The second kappa shape index (κ2) is 6.50. The van der Waals surface area contributed by atoms with E-state index >= 15 is 0 Å². The van der Waals surface area contributed by atoms with E-state index in [9.17, 15) is 14.7 Å². The van der Waals surface area contributed by atoms with Crippen LogP contribution in [0.5, 0.6) is 5.75 Å². The van der Waals surface area contributed by atoms with Gasteiger partial charge in [0.1, 0.15) is 12.2 Å². The molecule has 1 aromatic carbocycles. The van der Waals surface area contributed by atoms with E-state index in [4.69, 9.17) is 28.5 Å². The maximum atomic E-state index is 12.3. The smallest absolute Gasteiger partial charge is 0.242 e. The van der Waals surface area contributed by atoms with Crippen LogP contribution in [0.25, 0.3) is 0 Å². The number of carbonyl (C=O) groups excluding carboxylic acids is 2. The number of halogens is 2. The van der Waals surface area contributed by atoms with Crippen LogP contribution in [0.2, 0.25) is 10.0 Å². The second-order valence-electron chi connectivity index (χ2n) is 6.04. The lowest BCUT2D eigenvalue weighted by Crippen LogP contribution is -2.55. The summed E-state index contributed by atoms with van der Waals surface area (Å²) >= 11 is 12.3. The number of nitrogens with zero attached hydrogens (tertiary/aromatic N) is 3. The topological polar surface area (TPSA) is 84.6 Å². The van der Waals surface area contributed by atoms with Crippen LogP contribution in [-0.4, -0.2) is 52.4 Å². The fraction of sp³-hybridized carbons (Fsp3) is 0.438. The maximum Gasteiger partial charge on any atom is 0.242 e.